The minimum absolute atomic E-state index is 0.0871. The number of ether oxygens (including phenoxy) is 2. The lowest BCUT2D eigenvalue weighted by Crippen LogP contribution is -2.35. The van der Waals surface area contributed by atoms with Gasteiger partial charge in [-0.05, 0) is 52.3 Å². The van der Waals surface area contributed by atoms with Gasteiger partial charge in [0.1, 0.15) is 0 Å². The van der Waals surface area contributed by atoms with E-state index in [2.05, 4.69) is 42.0 Å². The van der Waals surface area contributed by atoms with Crippen LogP contribution in [0.2, 0.25) is 0 Å². The molecule has 0 saturated heterocycles. The monoisotopic (exact) mass is 329 g/mol. The van der Waals surface area contributed by atoms with Crippen molar-refractivity contribution >= 4 is 15.9 Å². The molecule has 0 fully saturated rings. The summed E-state index contributed by atoms with van der Waals surface area (Å²) in [6, 6.07) is 4.02. The van der Waals surface area contributed by atoms with Gasteiger partial charge < -0.3 is 14.8 Å². The lowest BCUT2D eigenvalue weighted by molar-refractivity contribution is 0.287. The summed E-state index contributed by atoms with van der Waals surface area (Å²) in [5, 5.41) is 3.47. The Morgan fingerprint density at radius 2 is 1.58 bits per heavy atom. The van der Waals surface area contributed by atoms with Crippen LogP contribution in [-0.2, 0) is 6.54 Å². The fourth-order valence-electron chi connectivity index (χ4n) is 1.61. The van der Waals surface area contributed by atoms with Crippen molar-refractivity contribution in [1.82, 2.24) is 5.32 Å². The summed E-state index contributed by atoms with van der Waals surface area (Å²) in [5.74, 6) is 1.59. The van der Waals surface area contributed by atoms with Crippen LogP contribution in [-0.4, -0.2) is 18.8 Å². The quantitative estimate of drug-likeness (QED) is 0.850. The van der Waals surface area contributed by atoms with Crippen LogP contribution in [0.1, 0.15) is 40.2 Å². The molecule has 19 heavy (non-hydrogen) atoms. The molecule has 0 aliphatic carbocycles. The lowest BCUT2D eigenvalue weighted by Gasteiger charge is -2.22. The molecule has 0 aliphatic rings. The fourth-order valence-corrected chi connectivity index (χ4v) is 2.07. The molecular formula is C15H24BrNO2. The molecule has 1 aromatic carbocycles. The molecule has 4 heteroatoms. The first-order chi connectivity index (χ1) is 8.87. The molecule has 0 radical (unpaired) electrons. The van der Waals surface area contributed by atoms with E-state index in [4.69, 9.17) is 9.47 Å². The molecule has 0 atom stereocenters. The second-order valence-electron chi connectivity index (χ2n) is 5.36. The topological polar surface area (TPSA) is 30.5 Å². The number of hydrogen-bond acceptors (Lipinski definition) is 3. The van der Waals surface area contributed by atoms with E-state index in [1.54, 1.807) is 0 Å². The summed E-state index contributed by atoms with van der Waals surface area (Å²) in [6.45, 7) is 12.5. The van der Waals surface area contributed by atoms with E-state index in [-0.39, 0.29) is 5.54 Å². The standard InChI is InChI=1S/C15H24BrNO2/c1-6-18-13-8-11(10-17-15(3,4)5)12(16)9-14(13)19-7-2/h8-9,17H,6-7,10H2,1-5H3. The summed E-state index contributed by atoms with van der Waals surface area (Å²) < 4.78 is 12.3. The first-order valence-corrected chi connectivity index (χ1v) is 7.49. The largest absolute Gasteiger partial charge is 0.490 e. The predicted octanol–water partition coefficient (Wildman–Crippen LogP) is 4.13. The van der Waals surface area contributed by atoms with Crippen molar-refractivity contribution in [3.63, 3.8) is 0 Å². The Kier molecular flexibility index (Phi) is 6.14. The maximum Gasteiger partial charge on any atom is 0.162 e. The van der Waals surface area contributed by atoms with E-state index < -0.39 is 0 Å². The van der Waals surface area contributed by atoms with Gasteiger partial charge in [-0.15, -0.1) is 0 Å². The molecule has 1 rings (SSSR count). The zero-order chi connectivity index (χ0) is 14.5. The molecule has 1 N–H and O–H groups in total. The van der Waals surface area contributed by atoms with Crippen LogP contribution in [0.25, 0.3) is 0 Å². The third-order valence-corrected chi connectivity index (χ3v) is 3.26. The van der Waals surface area contributed by atoms with Crippen molar-refractivity contribution in [2.24, 2.45) is 0 Å². The maximum atomic E-state index is 5.64. The van der Waals surface area contributed by atoms with Gasteiger partial charge in [-0.1, -0.05) is 15.9 Å². The van der Waals surface area contributed by atoms with Crippen LogP contribution in [0.5, 0.6) is 11.5 Å². The van der Waals surface area contributed by atoms with E-state index in [1.165, 1.54) is 5.56 Å². The van der Waals surface area contributed by atoms with Gasteiger partial charge in [-0.2, -0.15) is 0 Å². The third kappa shape index (κ3) is 5.41. The SMILES string of the molecule is CCOc1cc(Br)c(CNC(C)(C)C)cc1OCC. The minimum atomic E-state index is 0.0871. The summed E-state index contributed by atoms with van der Waals surface area (Å²) in [7, 11) is 0. The van der Waals surface area contributed by atoms with E-state index in [0.29, 0.717) is 13.2 Å². The highest BCUT2D eigenvalue weighted by molar-refractivity contribution is 9.10. The molecule has 0 aromatic heterocycles. The Morgan fingerprint density at radius 3 is 2.05 bits per heavy atom. The first kappa shape index (κ1) is 16.3. The van der Waals surface area contributed by atoms with Gasteiger partial charge in [0.25, 0.3) is 0 Å². The Hall–Kier alpha value is -0.740. The second kappa shape index (κ2) is 7.15. The van der Waals surface area contributed by atoms with Crippen LogP contribution in [0.4, 0.5) is 0 Å². The second-order valence-corrected chi connectivity index (χ2v) is 6.21. The fraction of sp³-hybridized carbons (Fsp3) is 0.600. The summed E-state index contributed by atoms with van der Waals surface area (Å²) >= 11 is 3.59. The zero-order valence-corrected chi connectivity index (χ0v) is 14.1. The van der Waals surface area contributed by atoms with Crippen molar-refractivity contribution in [3.05, 3.63) is 22.2 Å². The van der Waals surface area contributed by atoms with Crippen LogP contribution in [0.3, 0.4) is 0 Å². The number of halogens is 1. The van der Waals surface area contributed by atoms with Crippen molar-refractivity contribution in [2.45, 2.75) is 46.7 Å². The molecule has 0 amide bonds. The molecule has 0 saturated carbocycles. The Balaban J connectivity index is 2.95. The summed E-state index contributed by atoms with van der Waals surface area (Å²) in [6.07, 6.45) is 0. The summed E-state index contributed by atoms with van der Waals surface area (Å²) in [5.41, 5.74) is 1.26. The highest BCUT2D eigenvalue weighted by atomic mass is 79.9. The normalized spacial score (nSPS) is 11.5. The van der Waals surface area contributed by atoms with E-state index >= 15 is 0 Å². The van der Waals surface area contributed by atoms with Crippen LogP contribution >= 0.6 is 15.9 Å². The van der Waals surface area contributed by atoms with Gasteiger partial charge in [0, 0.05) is 16.6 Å². The Labute approximate surface area is 124 Å². The van der Waals surface area contributed by atoms with E-state index in [0.717, 1.165) is 22.5 Å². The Bertz CT molecular complexity index is 413. The molecule has 1 aromatic rings. The number of hydrogen-bond donors (Lipinski definition) is 1. The Morgan fingerprint density at radius 1 is 1.05 bits per heavy atom. The molecule has 0 spiro atoms. The van der Waals surface area contributed by atoms with Crippen molar-refractivity contribution < 1.29 is 9.47 Å². The summed E-state index contributed by atoms with van der Waals surface area (Å²) in [4.78, 5) is 0. The maximum absolute atomic E-state index is 5.64. The van der Waals surface area contributed by atoms with Crippen molar-refractivity contribution in [1.29, 1.82) is 0 Å². The average molecular weight is 330 g/mol. The zero-order valence-electron chi connectivity index (χ0n) is 12.5. The average Bonchev–Trinajstić information content (AvgIpc) is 2.30. The van der Waals surface area contributed by atoms with Gasteiger partial charge in [-0.3, -0.25) is 0 Å². The molecule has 0 unspecified atom stereocenters. The van der Waals surface area contributed by atoms with Crippen molar-refractivity contribution in [3.8, 4) is 11.5 Å². The highest BCUT2D eigenvalue weighted by Crippen LogP contribution is 2.34. The molecule has 3 nitrogen and oxygen atoms in total. The number of rotatable bonds is 6. The van der Waals surface area contributed by atoms with Crippen LogP contribution in [0, 0.1) is 0 Å². The highest BCUT2D eigenvalue weighted by Gasteiger charge is 2.13. The lowest BCUT2D eigenvalue weighted by atomic mass is 10.1. The minimum Gasteiger partial charge on any atom is -0.490 e. The molecule has 0 aliphatic heterocycles. The van der Waals surface area contributed by atoms with E-state index in [1.807, 2.05) is 26.0 Å². The van der Waals surface area contributed by atoms with E-state index in [9.17, 15) is 0 Å². The molecule has 108 valence electrons. The van der Waals surface area contributed by atoms with Crippen LogP contribution < -0.4 is 14.8 Å². The smallest absolute Gasteiger partial charge is 0.162 e. The number of nitrogens with one attached hydrogen (secondary N) is 1. The predicted molar refractivity (Wildman–Crippen MR) is 83.1 cm³/mol. The van der Waals surface area contributed by atoms with Gasteiger partial charge in [0.15, 0.2) is 11.5 Å². The molecular weight excluding hydrogens is 306 g/mol. The van der Waals surface area contributed by atoms with Gasteiger partial charge >= 0.3 is 0 Å². The number of benzene rings is 1. The van der Waals surface area contributed by atoms with Crippen LogP contribution in [0.15, 0.2) is 16.6 Å². The van der Waals surface area contributed by atoms with Gasteiger partial charge in [-0.25, -0.2) is 0 Å². The van der Waals surface area contributed by atoms with Gasteiger partial charge in [0.2, 0.25) is 0 Å². The molecule has 0 heterocycles. The van der Waals surface area contributed by atoms with Crippen molar-refractivity contribution in [2.75, 3.05) is 13.2 Å². The molecule has 0 bridgehead atoms. The first-order valence-electron chi connectivity index (χ1n) is 6.70. The third-order valence-electron chi connectivity index (χ3n) is 2.52. The van der Waals surface area contributed by atoms with Gasteiger partial charge in [0.05, 0.1) is 13.2 Å².